The van der Waals surface area contributed by atoms with Gasteiger partial charge in [-0.1, -0.05) is 32.0 Å². The Hall–Kier alpha value is -0.480. The van der Waals surface area contributed by atoms with Gasteiger partial charge in [-0.25, -0.2) is 0 Å². The van der Waals surface area contributed by atoms with E-state index >= 15 is 0 Å². The summed E-state index contributed by atoms with van der Waals surface area (Å²) in [7, 11) is 0. The Bertz CT molecular complexity index is 435. The van der Waals surface area contributed by atoms with Crippen LogP contribution in [0.25, 0.3) is 0 Å². The maximum Gasteiger partial charge on any atom is 0.123 e. The van der Waals surface area contributed by atoms with E-state index in [1.807, 2.05) is 13.0 Å². The fourth-order valence-electron chi connectivity index (χ4n) is 2.97. The van der Waals surface area contributed by atoms with Crippen molar-refractivity contribution in [1.29, 1.82) is 0 Å². The van der Waals surface area contributed by atoms with Crippen LogP contribution in [0.1, 0.15) is 43.9 Å². The van der Waals surface area contributed by atoms with Crippen molar-refractivity contribution in [2.45, 2.75) is 39.7 Å². The fourth-order valence-corrected chi connectivity index (χ4v) is 2.97. The number of rotatable bonds is 5. The molecular weight excluding hydrogens is 319 g/mol. The van der Waals surface area contributed by atoms with E-state index in [9.17, 15) is 5.11 Å². The van der Waals surface area contributed by atoms with Crippen molar-refractivity contribution in [3.63, 3.8) is 0 Å². The molecule has 0 amide bonds. The number of phenolic OH excluding ortho intramolecular Hbond substituents is 1. The van der Waals surface area contributed by atoms with Crippen LogP contribution in [0.5, 0.6) is 5.75 Å². The van der Waals surface area contributed by atoms with Gasteiger partial charge in [-0.2, -0.15) is 0 Å². The van der Waals surface area contributed by atoms with Crippen LogP contribution in [0.3, 0.4) is 0 Å². The van der Waals surface area contributed by atoms with E-state index in [2.05, 4.69) is 36.2 Å². The molecule has 0 radical (unpaired) electrons. The minimum absolute atomic E-state index is 0. The molecule has 1 atom stereocenters. The number of halogens is 2. The van der Waals surface area contributed by atoms with Crippen LogP contribution in [0.15, 0.2) is 18.2 Å². The lowest BCUT2D eigenvalue weighted by Gasteiger charge is -2.36. The Balaban J connectivity index is 0.00000220. The molecule has 0 unspecified atom stereocenters. The zero-order valence-electron chi connectivity index (χ0n) is 13.8. The van der Waals surface area contributed by atoms with Gasteiger partial charge in [0, 0.05) is 37.8 Å². The molecule has 0 aromatic heterocycles. The first-order valence-electron chi connectivity index (χ1n) is 7.83. The van der Waals surface area contributed by atoms with Crippen molar-refractivity contribution in [1.82, 2.24) is 10.2 Å². The molecule has 5 heteroatoms. The number of nitrogens with one attached hydrogen (secondary N) is 1. The quantitative estimate of drug-likeness (QED) is 0.846. The highest BCUT2D eigenvalue weighted by molar-refractivity contribution is 5.85. The molecule has 22 heavy (non-hydrogen) atoms. The lowest BCUT2D eigenvalue weighted by Crippen LogP contribution is -2.45. The highest BCUT2D eigenvalue weighted by Gasteiger charge is 2.24. The van der Waals surface area contributed by atoms with E-state index in [1.54, 1.807) is 0 Å². The molecule has 2 N–H and O–H groups in total. The minimum atomic E-state index is 0. The molecule has 1 aromatic carbocycles. The van der Waals surface area contributed by atoms with Gasteiger partial charge in [0.15, 0.2) is 0 Å². The summed E-state index contributed by atoms with van der Waals surface area (Å²) in [6.07, 6.45) is 2.32. The SMILES string of the molecule is Cc1cccc([C@H](CCC(C)C)N2CCNCC2)c1O.Cl.Cl. The van der Waals surface area contributed by atoms with Crippen LogP contribution < -0.4 is 5.32 Å². The van der Waals surface area contributed by atoms with Crippen LogP contribution in [-0.2, 0) is 0 Å². The number of para-hydroxylation sites is 1. The van der Waals surface area contributed by atoms with Crippen molar-refractivity contribution in [3.8, 4) is 5.75 Å². The summed E-state index contributed by atoms with van der Waals surface area (Å²) in [5, 5.41) is 13.8. The minimum Gasteiger partial charge on any atom is -0.507 e. The molecule has 1 aromatic rings. The number of benzene rings is 1. The van der Waals surface area contributed by atoms with Crippen LogP contribution in [0, 0.1) is 12.8 Å². The number of phenols is 1. The van der Waals surface area contributed by atoms with Gasteiger partial charge < -0.3 is 10.4 Å². The Morgan fingerprint density at radius 2 is 1.77 bits per heavy atom. The molecule has 1 aliphatic heterocycles. The first kappa shape index (κ1) is 21.5. The molecular formula is C17H30Cl2N2O. The van der Waals surface area contributed by atoms with Gasteiger partial charge in [0.25, 0.3) is 0 Å². The first-order chi connectivity index (χ1) is 9.59. The number of hydrogen-bond acceptors (Lipinski definition) is 3. The third-order valence-corrected chi connectivity index (χ3v) is 4.24. The van der Waals surface area contributed by atoms with E-state index in [-0.39, 0.29) is 24.8 Å². The molecule has 1 heterocycles. The van der Waals surface area contributed by atoms with Crippen molar-refractivity contribution in [3.05, 3.63) is 29.3 Å². The van der Waals surface area contributed by atoms with Crippen molar-refractivity contribution < 1.29 is 5.11 Å². The maximum absolute atomic E-state index is 10.4. The molecule has 1 aliphatic rings. The molecule has 0 saturated carbocycles. The second-order valence-electron chi connectivity index (χ2n) is 6.29. The Morgan fingerprint density at radius 3 is 2.36 bits per heavy atom. The third kappa shape index (κ3) is 5.62. The lowest BCUT2D eigenvalue weighted by molar-refractivity contribution is 0.157. The summed E-state index contributed by atoms with van der Waals surface area (Å²) in [5.74, 6) is 1.19. The molecule has 1 fully saturated rings. The highest BCUT2D eigenvalue weighted by atomic mass is 35.5. The van der Waals surface area contributed by atoms with Crippen molar-refractivity contribution in [2.24, 2.45) is 5.92 Å². The van der Waals surface area contributed by atoms with Gasteiger partial charge in [0.2, 0.25) is 0 Å². The standard InChI is InChI=1S/C17H28N2O.2ClH/c1-13(2)7-8-16(19-11-9-18-10-12-19)15-6-4-5-14(3)17(15)20;;/h4-6,13,16,18,20H,7-12H2,1-3H3;2*1H/t16-;;/m0../s1. The molecule has 0 bridgehead atoms. The van der Waals surface area contributed by atoms with Gasteiger partial charge in [0.05, 0.1) is 0 Å². The summed E-state index contributed by atoms with van der Waals surface area (Å²) < 4.78 is 0. The van der Waals surface area contributed by atoms with Crippen LogP contribution in [-0.4, -0.2) is 36.2 Å². The molecule has 128 valence electrons. The first-order valence-corrected chi connectivity index (χ1v) is 7.83. The van der Waals surface area contributed by atoms with Crippen molar-refractivity contribution in [2.75, 3.05) is 26.2 Å². The van der Waals surface area contributed by atoms with E-state index in [4.69, 9.17) is 0 Å². The predicted molar refractivity (Wildman–Crippen MR) is 98.6 cm³/mol. The van der Waals surface area contributed by atoms with Gasteiger partial charge in [-0.15, -0.1) is 24.8 Å². The van der Waals surface area contributed by atoms with Gasteiger partial charge in [-0.3, -0.25) is 4.90 Å². The average Bonchev–Trinajstić information content (AvgIpc) is 2.44. The van der Waals surface area contributed by atoms with Crippen LogP contribution >= 0.6 is 24.8 Å². The van der Waals surface area contributed by atoms with E-state index in [0.717, 1.165) is 43.7 Å². The third-order valence-electron chi connectivity index (χ3n) is 4.24. The lowest BCUT2D eigenvalue weighted by atomic mass is 9.94. The molecule has 0 spiro atoms. The van der Waals surface area contributed by atoms with Gasteiger partial charge >= 0.3 is 0 Å². The zero-order valence-corrected chi connectivity index (χ0v) is 15.5. The average molecular weight is 349 g/mol. The summed E-state index contributed by atoms with van der Waals surface area (Å²) >= 11 is 0. The summed E-state index contributed by atoms with van der Waals surface area (Å²) in [6, 6.07) is 6.49. The topological polar surface area (TPSA) is 35.5 Å². The van der Waals surface area contributed by atoms with Crippen LogP contribution in [0.4, 0.5) is 0 Å². The maximum atomic E-state index is 10.4. The largest absolute Gasteiger partial charge is 0.507 e. The monoisotopic (exact) mass is 348 g/mol. The normalized spacial score (nSPS) is 16.7. The fraction of sp³-hybridized carbons (Fsp3) is 0.647. The van der Waals surface area contributed by atoms with E-state index in [1.165, 1.54) is 6.42 Å². The molecule has 2 rings (SSSR count). The van der Waals surface area contributed by atoms with Gasteiger partial charge in [0.1, 0.15) is 5.75 Å². The number of nitrogens with zero attached hydrogens (tertiary/aromatic N) is 1. The van der Waals surface area contributed by atoms with Crippen molar-refractivity contribution >= 4 is 24.8 Å². The van der Waals surface area contributed by atoms with E-state index < -0.39 is 0 Å². The van der Waals surface area contributed by atoms with Crippen LogP contribution in [0.2, 0.25) is 0 Å². The Kier molecular flexibility index (Phi) is 10.1. The number of piperazine rings is 1. The summed E-state index contributed by atoms with van der Waals surface area (Å²) in [5.41, 5.74) is 2.08. The van der Waals surface area contributed by atoms with E-state index in [0.29, 0.717) is 17.7 Å². The molecule has 1 saturated heterocycles. The molecule has 3 nitrogen and oxygen atoms in total. The Labute approximate surface area is 147 Å². The highest BCUT2D eigenvalue weighted by Crippen LogP contribution is 2.35. The predicted octanol–water partition coefficient (Wildman–Crippen LogP) is 3.93. The molecule has 0 aliphatic carbocycles. The Morgan fingerprint density at radius 1 is 1.14 bits per heavy atom. The zero-order chi connectivity index (χ0) is 14.5. The second-order valence-corrected chi connectivity index (χ2v) is 6.29. The smallest absolute Gasteiger partial charge is 0.123 e. The van der Waals surface area contributed by atoms with Gasteiger partial charge in [-0.05, 0) is 31.2 Å². The summed E-state index contributed by atoms with van der Waals surface area (Å²) in [6.45, 7) is 10.7. The number of aryl methyl sites for hydroxylation is 1. The second kappa shape index (κ2) is 10.3. The summed E-state index contributed by atoms with van der Waals surface area (Å²) in [4.78, 5) is 2.52. The number of hydrogen-bond donors (Lipinski definition) is 2. The number of aromatic hydroxyl groups is 1.